The van der Waals surface area contributed by atoms with E-state index in [0.717, 1.165) is 47.7 Å². The lowest BCUT2D eigenvalue weighted by Gasteiger charge is -2.29. The maximum atomic E-state index is 6.29. The Kier molecular flexibility index (Phi) is 4.85. The topological polar surface area (TPSA) is 69.2 Å². The monoisotopic (exact) mass is 399 g/mol. The number of likely N-dealkylation sites (tertiary alicyclic amines) is 1. The Balaban J connectivity index is 1.52. The third-order valence-corrected chi connectivity index (χ3v) is 5.79. The van der Waals surface area contributed by atoms with E-state index in [4.69, 9.17) is 10.5 Å². The molecule has 4 aromatic rings. The van der Waals surface area contributed by atoms with Gasteiger partial charge in [0.15, 0.2) is 5.82 Å². The number of likely N-dealkylation sites (N-methyl/N-ethyl adjacent to an activating group) is 1. The Bertz CT molecular complexity index is 1150. The Morgan fingerprint density at radius 3 is 2.53 bits per heavy atom. The summed E-state index contributed by atoms with van der Waals surface area (Å²) in [5.41, 5.74) is 10.4. The molecule has 2 aromatic carbocycles. The van der Waals surface area contributed by atoms with Gasteiger partial charge in [-0.2, -0.15) is 0 Å². The highest BCUT2D eigenvalue weighted by Gasteiger charge is 2.25. The molecule has 0 spiro atoms. The molecule has 1 saturated heterocycles. The Morgan fingerprint density at radius 2 is 1.77 bits per heavy atom. The minimum atomic E-state index is 0.447. The number of nitrogen functional groups attached to an aromatic ring is 1. The van der Waals surface area contributed by atoms with Crippen LogP contribution >= 0.6 is 0 Å². The zero-order valence-electron chi connectivity index (χ0n) is 17.0. The number of ether oxygens (including phenoxy) is 1. The van der Waals surface area contributed by atoms with E-state index in [1.165, 1.54) is 12.0 Å². The highest BCUT2D eigenvalue weighted by Crippen LogP contribution is 2.35. The summed E-state index contributed by atoms with van der Waals surface area (Å²) < 4.78 is 8.04. The van der Waals surface area contributed by atoms with Gasteiger partial charge >= 0.3 is 0 Å². The molecule has 1 unspecified atom stereocenters. The molecule has 6 heteroatoms. The van der Waals surface area contributed by atoms with Crippen LogP contribution in [0.3, 0.4) is 0 Å². The van der Waals surface area contributed by atoms with Crippen LogP contribution in [0.15, 0.2) is 67.1 Å². The fraction of sp³-hybridized carbons (Fsp3) is 0.250. The van der Waals surface area contributed by atoms with Crippen LogP contribution in [-0.4, -0.2) is 39.6 Å². The average molecular weight is 399 g/mol. The second-order valence-electron chi connectivity index (χ2n) is 7.92. The van der Waals surface area contributed by atoms with Crippen molar-refractivity contribution in [2.45, 2.75) is 18.8 Å². The lowest BCUT2D eigenvalue weighted by molar-refractivity contribution is 0.251. The third kappa shape index (κ3) is 3.50. The number of hydrogen-bond donors (Lipinski definition) is 1. The lowest BCUT2D eigenvalue weighted by Crippen LogP contribution is -2.30. The van der Waals surface area contributed by atoms with Crippen LogP contribution in [0.4, 0.5) is 5.82 Å². The minimum absolute atomic E-state index is 0.447. The second-order valence-corrected chi connectivity index (χ2v) is 7.92. The first-order chi connectivity index (χ1) is 14.7. The molecule has 30 heavy (non-hydrogen) atoms. The van der Waals surface area contributed by atoms with Crippen LogP contribution in [0.5, 0.6) is 11.5 Å². The van der Waals surface area contributed by atoms with Crippen LogP contribution in [-0.2, 0) is 0 Å². The number of piperidine rings is 1. The van der Waals surface area contributed by atoms with E-state index in [-0.39, 0.29) is 0 Å². The average Bonchev–Trinajstić information content (AvgIpc) is 3.16. The molecule has 5 rings (SSSR count). The molecule has 1 aliphatic rings. The van der Waals surface area contributed by atoms with Gasteiger partial charge in [0.25, 0.3) is 0 Å². The van der Waals surface area contributed by atoms with Gasteiger partial charge in [-0.1, -0.05) is 18.2 Å². The molecule has 0 amide bonds. The summed E-state index contributed by atoms with van der Waals surface area (Å²) in [7, 11) is 2.18. The third-order valence-electron chi connectivity index (χ3n) is 5.79. The number of para-hydroxylation sites is 1. The Labute approximate surface area is 175 Å². The number of aromatic nitrogens is 3. The molecule has 0 bridgehead atoms. The van der Waals surface area contributed by atoms with Crippen molar-refractivity contribution < 1.29 is 4.74 Å². The van der Waals surface area contributed by atoms with Crippen molar-refractivity contribution in [1.29, 1.82) is 0 Å². The number of anilines is 1. The lowest BCUT2D eigenvalue weighted by atomic mass is 9.92. The summed E-state index contributed by atoms with van der Waals surface area (Å²) in [4.78, 5) is 11.2. The molecule has 1 atom stereocenters. The molecular formula is C24H25N5O. The fourth-order valence-corrected chi connectivity index (χ4v) is 4.33. The molecule has 1 fully saturated rings. The minimum Gasteiger partial charge on any atom is -0.457 e. The van der Waals surface area contributed by atoms with E-state index in [2.05, 4.69) is 32.7 Å². The van der Waals surface area contributed by atoms with Gasteiger partial charge in [-0.3, -0.25) is 0 Å². The van der Waals surface area contributed by atoms with Crippen molar-refractivity contribution in [3.63, 3.8) is 0 Å². The highest BCUT2D eigenvalue weighted by atomic mass is 16.5. The quantitative estimate of drug-likeness (QED) is 0.543. The van der Waals surface area contributed by atoms with Gasteiger partial charge in [-0.05, 0) is 62.8 Å². The van der Waals surface area contributed by atoms with Crippen molar-refractivity contribution in [3.05, 3.63) is 72.7 Å². The molecule has 1 aliphatic heterocycles. The van der Waals surface area contributed by atoms with Gasteiger partial charge in [0.05, 0.1) is 5.52 Å². The number of nitrogens with zero attached hydrogens (tertiary/aromatic N) is 4. The summed E-state index contributed by atoms with van der Waals surface area (Å²) in [6.07, 6.45) is 6.11. The van der Waals surface area contributed by atoms with Crippen molar-refractivity contribution in [2.24, 2.45) is 0 Å². The predicted octanol–water partition coefficient (Wildman–Crippen LogP) is 4.60. The zero-order chi connectivity index (χ0) is 20.5. The number of nitrogens with two attached hydrogens (primary N) is 1. The van der Waals surface area contributed by atoms with Gasteiger partial charge in [0, 0.05) is 29.9 Å². The van der Waals surface area contributed by atoms with Crippen LogP contribution in [0, 0.1) is 0 Å². The molecule has 0 saturated carbocycles. The van der Waals surface area contributed by atoms with E-state index < -0.39 is 0 Å². The Morgan fingerprint density at radius 1 is 1.00 bits per heavy atom. The zero-order valence-corrected chi connectivity index (χ0v) is 17.0. The van der Waals surface area contributed by atoms with Crippen LogP contribution in [0.1, 0.15) is 24.3 Å². The van der Waals surface area contributed by atoms with Crippen molar-refractivity contribution in [1.82, 2.24) is 19.4 Å². The molecule has 3 heterocycles. The normalized spacial score (nSPS) is 17.3. The highest BCUT2D eigenvalue weighted by molar-refractivity contribution is 5.90. The first-order valence-corrected chi connectivity index (χ1v) is 10.3. The SMILES string of the molecule is CN1CCCC(c2cn(-c3ccc(Oc4ccccc4)cc3)c3c(N)ncnc23)C1. The van der Waals surface area contributed by atoms with Gasteiger partial charge in [0.1, 0.15) is 23.3 Å². The molecule has 2 aromatic heterocycles. The number of hydrogen-bond acceptors (Lipinski definition) is 5. The summed E-state index contributed by atoms with van der Waals surface area (Å²) in [6.45, 7) is 2.18. The van der Waals surface area contributed by atoms with Crippen molar-refractivity contribution >= 4 is 16.9 Å². The number of fused-ring (bicyclic) bond motifs is 1. The van der Waals surface area contributed by atoms with E-state index >= 15 is 0 Å². The van der Waals surface area contributed by atoms with Crippen LogP contribution < -0.4 is 10.5 Å². The summed E-state index contributed by atoms with van der Waals surface area (Å²) >= 11 is 0. The summed E-state index contributed by atoms with van der Waals surface area (Å²) in [6, 6.07) is 17.8. The molecule has 152 valence electrons. The van der Waals surface area contributed by atoms with Gasteiger partial charge in [-0.25, -0.2) is 9.97 Å². The van der Waals surface area contributed by atoms with E-state index in [1.807, 2.05) is 54.6 Å². The van der Waals surface area contributed by atoms with Gasteiger partial charge in [-0.15, -0.1) is 0 Å². The first-order valence-electron chi connectivity index (χ1n) is 10.3. The van der Waals surface area contributed by atoms with Crippen molar-refractivity contribution in [2.75, 3.05) is 25.9 Å². The van der Waals surface area contributed by atoms with Crippen LogP contribution in [0.2, 0.25) is 0 Å². The number of rotatable bonds is 4. The Hall–Kier alpha value is -3.38. The predicted molar refractivity (Wildman–Crippen MR) is 119 cm³/mol. The second kappa shape index (κ2) is 7.80. The maximum absolute atomic E-state index is 6.29. The fourth-order valence-electron chi connectivity index (χ4n) is 4.33. The summed E-state index contributed by atoms with van der Waals surface area (Å²) in [5.74, 6) is 2.56. The van der Waals surface area contributed by atoms with E-state index in [0.29, 0.717) is 11.7 Å². The van der Waals surface area contributed by atoms with E-state index in [1.54, 1.807) is 6.33 Å². The first kappa shape index (κ1) is 18.6. The largest absolute Gasteiger partial charge is 0.457 e. The van der Waals surface area contributed by atoms with Gasteiger partial charge in [0.2, 0.25) is 0 Å². The maximum Gasteiger partial charge on any atom is 0.151 e. The van der Waals surface area contributed by atoms with Crippen LogP contribution in [0.25, 0.3) is 16.7 Å². The molecule has 0 aliphatic carbocycles. The van der Waals surface area contributed by atoms with E-state index in [9.17, 15) is 0 Å². The molecule has 0 radical (unpaired) electrons. The molecule has 2 N–H and O–H groups in total. The molecule has 6 nitrogen and oxygen atoms in total. The number of benzene rings is 2. The standard InChI is InChI=1S/C24H25N5O/c1-28-13-5-6-17(14-28)21-15-29(23-22(21)26-16-27-24(23)25)18-9-11-20(12-10-18)30-19-7-3-2-4-8-19/h2-4,7-12,15-17H,5-6,13-14H2,1H3,(H2,25,26,27). The smallest absolute Gasteiger partial charge is 0.151 e. The van der Waals surface area contributed by atoms with Crippen molar-refractivity contribution in [3.8, 4) is 17.2 Å². The van der Waals surface area contributed by atoms with Gasteiger partial charge < -0.3 is 19.9 Å². The molecular weight excluding hydrogens is 374 g/mol. The summed E-state index contributed by atoms with van der Waals surface area (Å²) in [5, 5.41) is 0.